The lowest BCUT2D eigenvalue weighted by molar-refractivity contribution is 0.102. The number of hydrogen-bond acceptors (Lipinski definition) is 6. The zero-order chi connectivity index (χ0) is 13.0. The third-order valence-electron chi connectivity index (χ3n) is 2.31. The van der Waals surface area contributed by atoms with Gasteiger partial charge in [-0.3, -0.25) is 4.79 Å². The average molecular weight is 262 g/mol. The Morgan fingerprint density at radius 3 is 2.89 bits per heavy atom. The van der Waals surface area contributed by atoms with Crippen LogP contribution in [0.5, 0.6) is 0 Å². The van der Waals surface area contributed by atoms with Gasteiger partial charge in [0.15, 0.2) is 5.69 Å². The van der Waals surface area contributed by atoms with Crippen molar-refractivity contribution in [2.75, 3.05) is 5.32 Å². The van der Waals surface area contributed by atoms with E-state index in [9.17, 15) is 4.79 Å². The summed E-state index contributed by atoms with van der Waals surface area (Å²) in [4.78, 5) is 11.8. The quantitative estimate of drug-likeness (QED) is 0.503. The summed E-state index contributed by atoms with van der Waals surface area (Å²) >= 11 is 1.11. The minimum absolute atomic E-state index is 0.258. The number of amides is 1. The van der Waals surface area contributed by atoms with Gasteiger partial charge >= 0.3 is 0 Å². The summed E-state index contributed by atoms with van der Waals surface area (Å²) in [5, 5.41) is 19.9. The van der Waals surface area contributed by atoms with E-state index in [1.54, 1.807) is 36.6 Å². The Labute approximate surface area is 107 Å². The van der Waals surface area contributed by atoms with Gasteiger partial charge < -0.3 is 10.5 Å². The Balaban J connectivity index is 2.27. The zero-order valence-corrected chi connectivity index (χ0v) is 10.3. The van der Waals surface area contributed by atoms with E-state index >= 15 is 0 Å². The summed E-state index contributed by atoms with van der Waals surface area (Å²) in [7, 11) is 0. The van der Waals surface area contributed by atoms with Gasteiger partial charge in [0.2, 0.25) is 0 Å². The van der Waals surface area contributed by atoms with Gasteiger partial charge in [-0.25, -0.2) is 0 Å². The van der Waals surface area contributed by atoms with E-state index in [2.05, 4.69) is 20.1 Å². The Hall–Kier alpha value is -2.28. The number of nitrogens with zero attached hydrogens (tertiary/aromatic N) is 3. The van der Waals surface area contributed by atoms with Gasteiger partial charge in [-0.05, 0) is 24.5 Å². The van der Waals surface area contributed by atoms with Crippen LogP contribution in [0.2, 0.25) is 0 Å². The molecule has 0 saturated carbocycles. The first-order valence-corrected chi connectivity index (χ1v) is 5.92. The molecule has 18 heavy (non-hydrogen) atoms. The van der Waals surface area contributed by atoms with Gasteiger partial charge in [-0.1, -0.05) is 27.8 Å². The standard InChI is InChI=1S/C11H10N4O2S/c1-7(14-17)8-4-2-3-5-9(8)12-11(16)10-6-18-15-13-10/h2-6,17H,1H3,(H,12,16). The molecule has 6 nitrogen and oxygen atoms in total. The summed E-state index contributed by atoms with van der Waals surface area (Å²) in [6.07, 6.45) is 0. The predicted molar refractivity (Wildman–Crippen MR) is 68.3 cm³/mol. The normalized spacial score (nSPS) is 11.3. The van der Waals surface area contributed by atoms with Crippen molar-refractivity contribution in [2.45, 2.75) is 6.92 Å². The van der Waals surface area contributed by atoms with Gasteiger partial charge in [0.1, 0.15) is 0 Å². The van der Waals surface area contributed by atoms with E-state index in [1.807, 2.05) is 0 Å². The van der Waals surface area contributed by atoms with Gasteiger partial charge in [0, 0.05) is 10.9 Å². The molecule has 7 heteroatoms. The zero-order valence-electron chi connectivity index (χ0n) is 9.49. The average Bonchev–Trinajstić information content (AvgIpc) is 2.92. The molecule has 2 N–H and O–H groups in total. The third-order valence-corrected chi connectivity index (χ3v) is 2.81. The highest BCUT2D eigenvalue weighted by atomic mass is 32.1. The van der Waals surface area contributed by atoms with E-state index < -0.39 is 0 Å². The number of hydrogen-bond donors (Lipinski definition) is 2. The number of anilines is 1. The minimum atomic E-state index is -0.345. The van der Waals surface area contributed by atoms with Crippen molar-refractivity contribution in [1.29, 1.82) is 0 Å². The maximum absolute atomic E-state index is 11.8. The number of oxime groups is 1. The number of para-hydroxylation sites is 1. The molecule has 0 aliphatic carbocycles. The smallest absolute Gasteiger partial charge is 0.277 e. The molecule has 0 saturated heterocycles. The fraction of sp³-hybridized carbons (Fsp3) is 0.0909. The largest absolute Gasteiger partial charge is 0.411 e. The molecule has 1 aromatic carbocycles. The van der Waals surface area contributed by atoms with Crippen LogP contribution >= 0.6 is 11.5 Å². The van der Waals surface area contributed by atoms with Crippen molar-refractivity contribution >= 4 is 28.8 Å². The fourth-order valence-corrected chi connectivity index (χ4v) is 1.85. The van der Waals surface area contributed by atoms with Crippen LogP contribution in [0.1, 0.15) is 23.0 Å². The number of nitrogens with one attached hydrogen (secondary N) is 1. The summed E-state index contributed by atoms with van der Waals surface area (Å²) in [6.45, 7) is 1.65. The van der Waals surface area contributed by atoms with Crippen LogP contribution in [0.25, 0.3) is 0 Å². The number of carbonyl (C=O) groups excluding carboxylic acids is 1. The molecule has 1 aromatic heterocycles. The molecule has 0 atom stereocenters. The lowest BCUT2D eigenvalue weighted by Gasteiger charge is -2.08. The molecule has 92 valence electrons. The molecule has 0 fully saturated rings. The van der Waals surface area contributed by atoms with E-state index in [4.69, 9.17) is 5.21 Å². The first kappa shape index (κ1) is 12.2. The molecular formula is C11H10N4O2S. The molecule has 1 amide bonds. The first-order chi connectivity index (χ1) is 8.72. The molecule has 0 radical (unpaired) electrons. The van der Waals surface area contributed by atoms with Gasteiger partial charge in [-0.2, -0.15) is 0 Å². The van der Waals surface area contributed by atoms with Crippen LogP contribution in [0.3, 0.4) is 0 Å². The Kier molecular flexibility index (Phi) is 3.63. The lowest BCUT2D eigenvalue weighted by Crippen LogP contribution is -2.14. The second kappa shape index (κ2) is 5.37. The fourth-order valence-electron chi connectivity index (χ4n) is 1.41. The van der Waals surface area contributed by atoms with E-state index in [0.29, 0.717) is 17.0 Å². The van der Waals surface area contributed by atoms with Crippen LogP contribution < -0.4 is 5.32 Å². The topological polar surface area (TPSA) is 87.5 Å². The number of carbonyl (C=O) groups is 1. The van der Waals surface area contributed by atoms with Crippen LogP contribution in [0, 0.1) is 0 Å². The van der Waals surface area contributed by atoms with Crippen molar-refractivity contribution < 1.29 is 10.0 Å². The van der Waals surface area contributed by atoms with E-state index in [0.717, 1.165) is 11.5 Å². The maximum Gasteiger partial charge on any atom is 0.277 e. The van der Waals surface area contributed by atoms with Gasteiger partial charge in [0.25, 0.3) is 5.91 Å². The highest BCUT2D eigenvalue weighted by molar-refractivity contribution is 7.03. The summed E-state index contributed by atoms with van der Waals surface area (Å²) in [6, 6.07) is 7.05. The van der Waals surface area contributed by atoms with Crippen molar-refractivity contribution in [1.82, 2.24) is 9.59 Å². The van der Waals surface area contributed by atoms with E-state index in [1.165, 1.54) is 0 Å². The van der Waals surface area contributed by atoms with E-state index in [-0.39, 0.29) is 11.6 Å². The highest BCUT2D eigenvalue weighted by Gasteiger charge is 2.12. The number of aromatic nitrogens is 2. The third kappa shape index (κ3) is 2.51. The van der Waals surface area contributed by atoms with Gasteiger partial charge in [0.05, 0.1) is 11.4 Å². The molecule has 0 bridgehead atoms. The molecule has 1 heterocycles. The van der Waals surface area contributed by atoms with Crippen LogP contribution in [-0.4, -0.2) is 26.4 Å². The molecule has 0 spiro atoms. The first-order valence-electron chi connectivity index (χ1n) is 5.09. The highest BCUT2D eigenvalue weighted by Crippen LogP contribution is 2.17. The molecule has 0 aliphatic rings. The number of benzene rings is 1. The lowest BCUT2D eigenvalue weighted by atomic mass is 10.1. The summed E-state index contributed by atoms with van der Waals surface area (Å²) in [5.41, 5.74) is 1.89. The second-order valence-corrected chi connectivity index (χ2v) is 4.09. The van der Waals surface area contributed by atoms with Gasteiger partial charge in [-0.15, -0.1) is 5.10 Å². The summed E-state index contributed by atoms with van der Waals surface area (Å²) < 4.78 is 3.63. The Bertz CT molecular complexity index is 580. The minimum Gasteiger partial charge on any atom is -0.411 e. The molecule has 2 aromatic rings. The molecule has 2 rings (SSSR count). The Morgan fingerprint density at radius 1 is 1.44 bits per heavy atom. The second-order valence-electron chi connectivity index (χ2n) is 3.48. The van der Waals surface area contributed by atoms with Crippen molar-refractivity contribution in [3.05, 3.63) is 40.9 Å². The van der Waals surface area contributed by atoms with Crippen molar-refractivity contribution in [2.24, 2.45) is 5.16 Å². The SMILES string of the molecule is CC(=NO)c1ccccc1NC(=O)c1csnn1. The Morgan fingerprint density at radius 2 is 2.22 bits per heavy atom. The molecule has 0 aliphatic heterocycles. The van der Waals surface area contributed by atoms with Crippen LogP contribution in [0.15, 0.2) is 34.8 Å². The van der Waals surface area contributed by atoms with Crippen LogP contribution in [-0.2, 0) is 0 Å². The van der Waals surface area contributed by atoms with Crippen LogP contribution in [0.4, 0.5) is 5.69 Å². The molecular weight excluding hydrogens is 252 g/mol. The molecule has 0 unspecified atom stereocenters. The monoisotopic (exact) mass is 262 g/mol. The maximum atomic E-state index is 11.8. The summed E-state index contributed by atoms with van der Waals surface area (Å²) in [5.74, 6) is -0.345. The number of rotatable bonds is 3. The predicted octanol–water partition coefficient (Wildman–Crippen LogP) is 1.99. The van der Waals surface area contributed by atoms with Crippen molar-refractivity contribution in [3.8, 4) is 0 Å². The van der Waals surface area contributed by atoms with Crippen molar-refractivity contribution in [3.63, 3.8) is 0 Å².